The summed E-state index contributed by atoms with van der Waals surface area (Å²) >= 11 is 0. The Morgan fingerprint density at radius 1 is 1.41 bits per heavy atom. The van der Waals surface area contributed by atoms with Gasteiger partial charge in [-0.15, -0.1) is 0 Å². The number of aromatic nitrogens is 1. The number of nitrogens with zero attached hydrogens (tertiary/aromatic N) is 1. The lowest BCUT2D eigenvalue weighted by molar-refractivity contribution is 0.0609. The molecule has 0 radical (unpaired) electrons. The van der Waals surface area contributed by atoms with Crippen molar-refractivity contribution in [3.8, 4) is 0 Å². The lowest BCUT2D eigenvalue weighted by Gasteiger charge is -2.22. The van der Waals surface area contributed by atoms with Gasteiger partial charge in [-0.05, 0) is 24.8 Å². The minimum absolute atomic E-state index is 0.0958. The van der Waals surface area contributed by atoms with E-state index in [1.807, 2.05) is 0 Å². The van der Waals surface area contributed by atoms with Gasteiger partial charge < -0.3 is 15.0 Å². The summed E-state index contributed by atoms with van der Waals surface area (Å²) in [6, 6.07) is 2.85. The summed E-state index contributed by atoms with van der Waals surface area (Å²) in [5, 5.41) is 0. The van der Waals surface area contributed by atoms with Crippen LogP contribution < -0.4 is 11.3 Å². The number of carbonyl (C=O) groups excluding carboxylic acids is 1. The molecule has 5 nitrogen and oxygen atoms in total. The fourth-order valence-corrected chi connectivity index (χ4v) is 2.03. The molecule has 2 heterocycles. The van der Waals surface area contributed by atoms with Crippen LogP contribution in [0.2, 0.25) is 0 Å². The zero-order valence-electron chi connectivity index (χ0n) is 9.59. The molecular formula is C12H16N2O3. The molecule has 1 fully saturated rings. The fourth-order valence-electron chi connectivity index (χ4n) is 2.03. The molecule has 1 aliphatic rings. The minimum atomic E-state index is -0.509. The summed E-state index contributed by atoms with van der Waals surface area (Å²) in [5.41, 5.74) is 5.47. The van der Waals surface area contributed by atoms with Gasteiger partial charge in [-0.25, -0.2) is 0 Å². The van der Waals surface area contributed by atoms with Crippen LogP contribution in [0.25, 0.3) is 0 Å². The Morgan fingerprint density at radius 3 is 2.76 bits per heavy atom. The highest BCUT2D eigenvalue weighted by atomic mass is 16.5. The molecule has 1 saturated heterocycles. The standard InChI is InChI=1S/C12H16N2O3/c13-12(16)10-1-2-11(15)14(8-10)7-9-3-5-17-6-4-9/h1-2,8-9H,3-7H2,(H2,13,16). The molecule has 0 saturated carbocycles. The molecule has 1 amide bonds. The maximum atomic E-state index is 11.6. The van der Waals surface area contributed by atoms with Crippen LogP contribution >= 0.6 is 0 Å². The third kappa shape index (κ3) is 2.94. The van der Waals surface area contributed by atoms with Gasteiger partial charge >= 0.3 is 0 Å². The highest BCUT2D eigenvalue weighted by molar-refractivity contribution is 5.92. The number of nitrogens with two attached hydrogens (primary N) is 1. The molecule has 0 unspecified atom stereocenters. The first-order chi connectivity index (χ1) is 8.16. The maximum absolute atomic E-state index is 11.6. The number of rotatable bonds is 3. The first kappa shape index (κ1) is 11.9. The summed E-state index contributed by atoms with van der Waals surface area (Å²) < 4.78 is 6.83. The van der Waals surface area contributed by atoms with Crippen molar-refractivity contribution in [3.05, 3.63) is 34.2 Å². The van der Waals surface area contributed by atoms with Gasteiger partial charge in [0.1, 0.15) is 0 Å². The van der Waals surface area contributed by atoms with E-state index >= 15 is 0 Å². The molecule has 0 bridgehead atoms. The van der Waals surface area contributed by atoms with Crippen LogP contribution in [0.1, 0.15) is 23.2 Å². The van der Waals surface area contributed by atoms with E-state index in [0.29, 0.717) is 18.0 Å². The van der Waals surface area contributed by atoms with Crippen molar-refractivity contribution < 1.29 is 9.53 Å². The van der Waals surface area contributed by atoms with Crippen LogP contribution in [0.5, 0.6) is 0 Å². The van der Waals surface area contributed by atoms with Gasteiger partial charge in [0.2, 0.25) is 5.91 Å². The topological polar surface area (TPSA) is 74.3 Å². The smallest absolute Gasteiger partial charge is 0.250 e. The van der Waals surface area contributed by atoms with E-state index in [1.54, 1.807) is 10.8 Å². The van der Waals surface area contributed by atoms with Crippen LogP contribution in [0.4, 0.5) is 0 Å². The predicted octanol–water partition coefficient (Wildman–Crippen LogP) is 0.374. The molecule has 1 aromatic rings. The molecule has 0 aromatic carbocycles. The van der Waals surface area contributed by atoms with Crippen LogP contribution in [0, 0.1) is 5.92 Å². The predicted molar refractivity (Wildman–Crippen MR) is 62.8 cm³/mol. The van der Waals surface area contributed by atoms with Crippen molar-refractivity contribution in [1.82, 2.24) is 4.57 Å². The number of primary amides is 1. The van der Waals surface area contributed by atoms with Gasteiger partial charge in [0.05, 0.1) is 5.56 Å². The second kappa shape index (κ2) is 5.14. The lowest BCUT2D eigenvalue weighted by Crippen LogP contribution is -2.28. The highest BCUT2D eigenvalue weighted by Crippen LogP contribution is 2.16. The Balaban J connectivity index is 2.16. The molecule has 0 spiro atoms. The second-order valence-corrected chi connectivity index (χ2v) is 4.33. The summed E-state index contributed by atoms with van der Waals surface area (Å²) in [6.07, 6.45) is 3.45. The minimum Gasteiger partial charge on any atom is -0.381 e. The Morgan fingerprint density at radius 2 is 2.12 bits per heavy atom. The van der Waals surface area contributed by atoms with Crippen molar-refractivity contribution in [2.24, 2.45) is 11.7 Å². The fraction of sp³-hybridized carbons (Fsp3) is 0.500. The molecule has 92 valence electrons. The number of hydrogen-bond acceptors (Lipinski definition) is 3. The Labute approximate surface area is 99.2 Å². The molecule has 5 heteroatoms. The highest BCUT2D eigenvalue weighted by Gasteiger charge is 2.15. The van der Waals surface area contributed by atoms with Crippen molar-refractivity contribution >= 4 is 5.91 Å². The molecule has 0 aliphatic carbocycles. The van der Waals surface area contributed by atoms with E-state index in [1.165, 1.54) is 12.1 Å². The van der Waals surface area contributed by atoms with Crippen molar-refractivity contribution in [2.75, 3.05) is 13.2 Å². The van der Waals surface area contributed by atoms with E-state index in [-0.39, 0.29) is 5.56 Å². The van der Waals surface area contributed by atoms with Gasteiger partial charge in [0.15, 0.2) is 0 Å². The average Bonchev–Trinajstić information content (AvgIpc) is 2.33. The molecular weight excluding hydrogens is 220 g/mol. The quantitative estimate of drug-likeness (QED) is 0.824. The monoisotopic (exact) mass is 236 g/mol. The summed E-state index contributed by atoms with van der Waals surface area (Å²) in [5.74, 6) is -0.0738. The van der Waals surface area contributed by atoms with Crippen molar-refractivity contribution in [2.45, 2.75) is 19.4 Å². The first-order valence-corrected chi connectivity index (χ1v) is 5.75. The average molecular weight is 236 g/mol. The third-order valence-corrected chi connectivity index (χ3v) is 3.06. The van der Waals surface area contributed by atoms with E-state index in [9.17, 15) is 9.59 Å². The zero-order chi connectivity index (χ0) is 12.3. The van der Waals surface area contributed by atoms with Crippen molar-refractivity contribution in [3.63, 3.8) is 0 Å². The SMILES string of the molecule is NC(=O)c1ccc(=O)n(CC2CCOCC2)c1. The Hall–Kier alpha value is -1.62. The summed E-state index contributed by atoms with van der Waals surface area (Å²) in [4.78, 5) is 22.7. The van der Waals surface area contributed by atoms with E-state index in [4.69, 9.17) is 10.5 Å². The van der Waals surface area contributed by atoms with Crippen LogP contribution in [-0.4, -0.2) is 23.7 Å². The van der Waals surface area contributed by atoms with Crippen LogP contribution in [-0.2, 0) is 11.3 Å². The normalized spacial score (nSPS) is 16.9. The van der Waals surface area contributed by atoms with E-state index in [0.717, 1.165) is 26.1 Å². The maximum Gasteiger partial charge on any atom is 0.250 e. The number of pyridine rings is 1. The summed E-state index contributed by atoms with van der Waals surface area (Å²) in [7, 11) is 0. The molecule has 1 aliphatic heterocycles. The van der Waals surface area contributed by atoms with Crippen LogP contribution in [0.3, 0.4) is 0 Å². The number of ether oxygens (including phenoxy) is 1. The van der Waals surface area contributed by atoms with Gasteiger partial charge in [-0.2, -0.15) is 0 Å². The lowest BCUT2D eigenvalue weighted by atomic mass is 10.0. The van der Waals surface area contributed by atoms with Crippen LogP contribution in [0.15, 0.2) is 23.1 Å². The van der Waals surface area contributed by atoms with E-state index in [2.05, 4.69) is 0 Å². The van der Waals surface area contributed by atoms with Gasteiger partial charge in [0.25, 0.3) is 5.56 Å². The Kier molecular flexibility index (Phi) is 3.58. The summed E-state index contributed by atoms with van der Waals surface area (Å²) in [6.45, 7) is 2.12. The van der Waals surface area contributed by atoms with Gasteiger partial charge in [-0.3, -0.25) is 9.59 Å². The molecule has 17 heavy (non-hydrogen) atoms. The number of hydrogen-bond donors (Lipinski definition) is 1. The van der Waals surface area contributed by atoms with Crippen molar-refractivity contribution in [1.29, 1.82) is 0 Å². The number of carbonyl (C=O) groups is 1. The molecule has 0 atom stereocenters. The molecule has 2 rings (SSSR count). The molecule has 2 N–H and O–H groups in total. The van der Waals surface area contributed by atoms with Gasteiger partial charge in [0, 0.05) is 32.0 Å². The third-order valence-electron chi connectivity index (χ3n) is 3.06. The van der Waals surface area contributed by atoms with Gasteiger partial charge in [-0.1, -0.05) is 0 Å². The Bertz CT molecular complexity index is 461. The first-order valence-electron chi connectivity index (χ1n) is 5.75. The molecule has 1 aromatic heterocycles. The zero-order valence-corrected chi connectivity index (χ0v) is 9.59. The second-order valence-electron chi connectivity index (χ2n) is 4.33. The van der Waals surface area contributed by atoms with E-state index < -0.39 is 5.91 Å². The largest absolute Gasteiger partial charge is 0.381 e. The number of amides is 1.